The van der Waals surface area contributed by atoms with E-state index in [2.05, 4.69) is 26.1 Å². The van der Waals surface area contributed by atoms with Gasteiger partial charge in [-0.3, -0.25) is 15.5 Å². The molecule has 6 atom stereocenters. The molecule has 1 aromatic carbocycles. The minimum Gasteiger partial charge on any atom is -0.508 e. The third-order valence-corrected chi connectivity index (χ3v) is 7.69. The maximum atomic E-state index is 15.8. The Bertz CT molecular complexity index is 1100. The number of phenolic OH excluding ortho intramolecular Hbond substituents is 1. The molecule has 5 rings (SSSR count). The van der Waals surface area contributed by atoms with E-state index in [1.807, 2.05) is 25.3 Å². The number of benzene rings is 1. The van der Waals surface area contributed by atoms with Gasteiger partial charge in [0.2, 0.25) is 0 Å². The molecule has 3 aliphatic rings. The van der Waals surface area contributed by atoms with E-state index in [1.165, 1.54) is 0 Å². The molecule has 0 radical (unpaired) electrons. The molecule has 6 unspecified atom stereocenters. The Labute approximate surface area is 204 Å². The molecule has 5 N–H and O–H groups in total. The lowest BCUT2D eigenvalue weighted by molar-refractivity contribution is -0.145. The molecular formula is C26H34FN5O3. The van der Waals surface area contributed by atoms with Gasteiger partial charge in [-0.05, 0) is 61.4 Å². The van der Waals surface area contributed by atoms with Gasteiger partial charge in [0, 0.05) is 18.4 Å². The number of hydrogen-bond donors (Lipinski definition) is 5. The Morgan fingerprint density at radius 3 is 2.86 bits per heavy atom. The number of hydrazine groups is 1. The molecule has 9 heteroatoms. The van der Waals surface area contributed by atoms with Crippen molar-refractivity contribution in [3.05, 3.63) is 53.1 Å². The summed E-state index contributed by atoms with van der Waals surface area (Å²) >= 11 is 0. The van der Waals surface area contributed by atoms with E-state index in [1.54, 1.807) is 19.1 Å². The standard InChI is InChI=1S/C26H34FN5O3/c1-3-14-11-16(33)6-7-17(14)18-8-9-19-23(22(18)27)31-32-24(19)25-29-13-21(30-25)15-5-10-20(28-12-15)26(34)35-4-2/h5-7,11,13,18-20,22-24,28,31-33H,3-4,8-10,12H2,1-2H3,(H,29,30). The largest absolute Gasteiger partial charge is 0.508 e. The van der Waals surface area contributed by atoms with Crippen LogP contribution in [0.5, 0.6) is 5.75 Å². The van der Waals surface area contributed by atoms with E-state index in [9.17, 15) is 9.90 Å². The lowest BCUT2D eigenvalue weighted by Crippen LogP contribution is -2.45. The Morgan fingerprint density at radius 1 is 1.26 bits per heavy atom. The Balaban J connectivity index is 1.27. The van der Waals surface area contributed by atoms with Gasteiger partial charge in [0.1, 0.15) is 23.8 Å². The van der Waals surface area contributed by atoms with Crippen LogP contribution in [0.4, 0.5) is 4.39 Å². The van der Waals surface area contributed by atoms with Crippen LogP contribution < -0.4 is 16.2 Å². The smallest absolute Gasteiger partial charge is 0.323 e. The average Bonchev–Trinajstić information content (AvgIpc) is 3.52. The highest BCUT2D eigenvalue weighted by Crippen LogP contribution is 2.45. The number of aryl methyl sites for hydroxylation is 1. The van der Waals surface area contributed by atoms with Gasteiger partial charge in [0.25, 0.3) is 0 Å². The van der Waals surface area contributed by atoms with Gasteiger partial charge < -0.3 is 14.8 Å². The van der Waals surface area contributed by atoms with Crippen LogP contribution >= 0.6 is 0 Å². The second-order valence-corrected chi connectivity index (χ2v) is 9.65. The van der Waals surface area contributed by atoms with Crippen LogP contribution in [-0.2, 0) is 16.0 Å². The third kappa shape index (κ3) is 4.60. The van der Waals surface area contributed by atoms with Gasteiger partial charge in [0.05, 0.1) is 30.6 Å². The first-order chi connectivity index (χ1) is 17.0. The fraction of sp³-hybridized carbons (Fsp3) is 0.538. The van der Waals surface area contributed by atoms with Crippen molar-refractivity contribution < 1.29 is 19.0 Å². The first-order valence-electron chi connectivity index (χ1n) is 12.6. The molecule has 0 bridgehead atoms. The van der Waals surface area contributed by atoms with E-state index >= 15 is 4.39 Å². The van der Waals surface area contributed by atoms with E-state index in [-0.39, 0.29) is 41.7 Å². The number of aromatic hydroxyl groups is 1. The zero-order valence-electron chi connectivity index (χ0n) is 20.2. The van der Waals surface area contributed by atoms with Crippen LogP contribution in [0, 0.1) is 5.92 Å². The maximum absolute atomic E-state index is 15.8. The number of phenols is 1. The van der Waals surface area contributed by atoms with Crippen molar-refractivity contribution in [3.63, 3.8) is 0 Å². The van der Waals surface area contributed by atoms with Crippen molar-refractivity contribution >= 4 is 11.5 Å². The molecule has 35 heavy (non-hydrogen) atoms. The number of nitrogens with one attached hydrogen (secondary N) is 4. The highest BCUT2D eigenvalue weighted by Gasteiger charge is 2.48. The van der Waals surface area contributed by atoms with Crippen LogP contribution in [0.2, 0.25) is 0 Å². The number of aromatic nitrogens is 2. The van der Waals surface area contributed by atoms with Crippen molar-refractivity contribution in [2.24, 2.45) is 5.92 Å². The molecule has 2 aromatic rings. The van der Waals surface area contributed by atoms with Gasteiger partial charge in [-0.15, -0.1) is 0 Å². The van der Waals surface area contributed by atoms with Crippen molar-refractivity contribution in [3.8, 4) is 5.75 Å². The van der Waals surface area contributed by atoms with Crippen LogP contribution in [0.25, 0.3) is 5.57 Å². The van der Waals surface area contributed by atoms with E-state index < -0.39 is 6.17 Å². The number of H-pyrrole nitrogens is 1. The number of imidazole rings is 1. The maximum Gasteiger partial charge on any atom is 0.323 e. The van der Waals surface area contributed by atoms with E-state index in [0.717, 1.165) is 47.5 Å². The lowest BCUT2D eigenvalue weighted by atomic mass is 9.71. The number of nitrogens with zero attached hydrogens (tertiary/aromatic N) is 1. The molecule has 2 aliphatic heterocycles. The number of rotatable bonds is 6. The predicted molar refractivity (Wildman–Crippen MR) is 130 cm³/mol. The predicted octanol–water partition coefficient (Wildman–Crippen LogP) is 3.04. The topological polar surface area (TPSA) is 111 Å². The molecule has 1 aromatic heterocycles. The number of carbonyl (C=O) groups excluding carboxylic acids is 1. The Hall–Kier alpha value is -2.75. The zero-order chi connectivity index (χ0) is 24.5. The molecule has 1 saturated heterocycles. The summed E-state index contributed by atoms with van der Waals surface area (Å²) in [6.07, 6.45) is 5.76. The first-order valence-corrected chi connectivity index (χ1v) is 12.6. The Kier molecular flexibility index (Phi) is 6.91. The molecule has 188 valence electrons. The summed E-state index contributed by atoms with van der Waals surface area (Å²) < 4.78 is 20.9. The summed E-state index contributed by atoms with van der Waals surface area (Å²) in [4.78, 5) is 20.0. The fourth-order valence-electron chi connectivity index (χ4n) is 5.84. The Morgan fingerprint density at radius 2 is 2.11 bits per heavy atom. The molecule has 0 amide bonds. The van der Waals surface area contributed by atoms with Crippen LogP contribution in [-0.4, -0.2) is 52.5 Å². The summed E-state index contributed by atoms with van der Waals surface area (Å²) in [7, 11) is 0. The van der Waals surface area contributed by atoms with Crippen molar-refractivity contribution in [2.75, 3.05) is 13.2 Å². The van der Waals surface area contributed by atoms with Crippen molar-refractivity contribution in [1.82, 2.24) is 26.1 Å². The molecular weight excluding hydrogens is 449 g/mol. The third-order valence-electron chi connectivity index (χ3n) is 7.69. The number of hydrogen-bond acceptors (Lipinski definition) is 7. The molecule has 1 saturated carbocycles. The molecule has 3 heterocycles. The van der Waals surface area contributed by atoms with Gasteiger partial charge in [-0.1, -0.05) is 19.1 Å². The summed E-state index contributed by atoms with van der Waals surface area (Å²) in [6, 6.07) is 4.55. The van der Waals surface area contributed by atoms with Gasteiger partial charge in [-0.2, -0.15) is 0 Å². The fourth-order valence-corrected chi connectivity index (χ4v) is 5.84. The molecule has 8 nitrogen and oxygen atoms in total. The SMILES string of the molecule is CCOC(=O)C1CC=C(c2cnc(C3NNC4C(F)C(c5ccc(O)cc5CC)CCC34)[nH]2)CN1. The summed E-state index contributed by atoms with van der Waals surface area (Å²) in [5.74, 6) is 0.670. The second kappa shape index (κ2) is 10.1. The quantitative estimate of drug-likeness (QED) is 0.402. The molecule has 0 spiro atoms. The summed E-state index contributed by atoms with van der Waals surface area (Å²) in [5, 5.41) is 13.1. The number of fused-ring (bicyclic) bond motifs is 1. The molecule has 1 aliphatic carbocycles. The van der Waals surface area contributed by atoms with Crippen LogP contribution in [0.15, 0.2) is 30.5 Å². The van der Waals surface area contributed by atoms with Gasteiger partial charge in [-0.25, -0.2) is 14.8 Å². The highest BCUT2D eigenvalue weighted by molar-refractivity contribution is 5.78. The van der Waals surface area contributed by atoms with Gasteiger partial charge in [0.15, 0.2) is 0 Å². The van der Waals surface area contributed by atoms with Crippen LogP contribution in [0.3, 0.4) is 0 Å². The number of aromatic amines is 1. The number of esters is 1. The highest BCUT2D eigenvalue weighted by atomic mass is 19.1. The number of carbonyl (C=O) groups is 1. The minimum atomic E-state index is -1.04. The number of ether oxygens (including phenoxy) is 1. The lowest BCUT2D eigenvalue weighted by Gasteiger charge is -2.36. The normalized spacial score (nSPS) is 30.5. The van der Waals surface area contributed by atoms with E-state index in [0.29, 0.717) is 19.6 Å². The summed E-state index contributed by atoms with van der Waals surface area (Å²) in [5.41, 5.74) is 10.5. The van der Waals surface area contributed by atoms with E-state index in [4.69, 9.17) is 4.74 Å². The first kappa shape index (κ1) is 24.0. The number of halogens is 1. The number of alkyl halides is 1. The second-order valence-electron chi connectivity index (χ2n) is 9.65. The molecule has 2 fully saturated rings. The van der Waals surface area contributed by atoms with Crippen molar-refractivity contribution in [2.45, 2.75) is 69.7 Å². The minimum absolute atomic E-state index is 0.0779. The summed E-state index contributed by atoms with van der Waals surface area (Å²) in [6.45, 7) is 4.76. The zero-order valence-corrected chi connectivity index (χ0v) is 20.2. The average molecular weight is 484 g/mol. The van der Waals surface area contributed by atoms with Gasteiger partial charge >= 0.3 is 5.97 Å². The van der Waals surface area contributed by atoms with Crippen LogP contribution in [0.1, 0.15) is 67.7 Å². The van der Waals surface area contributed by atoms with Crippen molar-refractivity contribution in [1.29, 1.82) is 0 Å². The monoisotopic (exact) mass is 483 g/mol.